The Kier molecular flexibility index (Phi) is 4.66. The van der Waals surface area contributed by atoms with Crippen LogP contribution in [0.1, 0.15) is 51.9 Å². The van der Waals surface area contributed by atoms with E-state index >= 15 is 0 Å². The molecular weight excluding hydrogens is 214 g/mol. The Bertz CT molecular complexity index is 243. The summed E-state index contributed by atoms with van der Waals surface area (Å²) in [5.74, 6) is 0. The van der Waals surface area contributed by atoms with Gasteiger partial charge in [-0.25, -0.2) is 4.79 Å². The van der Waals surface area contributed by atoms with Gasteiger partial charge in [-0.1, -0.05) is 19.3 Å². The molecule has 1 heterocycles. The van der Waals surface area contributed by atoms with Crippen LogP contribution in [0.2, 0.25) is 0 Å². The quantitative estimate of drug-likeness (QED) is 0.688. The molecule has 1 aliphatic carbocycles. The van der Waals surface area contributed by atoms with Gasteiger partial charge in [-0.3, -0.25) is 0 Å². The second kappa shape index (κ2) is 6.24. The van der Waals surface area contributed by atoms with Crippen LogP contribution in [0, 0.1) is 0 Å². The molecule has 0 bridgehead atoms. The first-order valence-corrected chi connectivity index (χ1v) is 7.04. The smallest absolute Gasteiger partial charge is 0.315 e. The molecule has 2 atom stereocenters. The summed E-state index contributed by atoms with van der Waals surface area (Å²) >= 11 is 0. The number of carbonyl (C=O) groups excluding carboxylic acids is 1. The summed E-state index contributed by atoms with van der Waals surface area (Å²) in [6.45, 7) is 3.09. The Hall–Kier alpha value is -0.770. The Morgan fingerprint density at radius 2 is 1.71 bits per heavy atom. The fourth-order valence-electron chi connectivity index (χ4n) is 2.78. The average molecular weight is 239 g/mol. The van der Waals surface area contributed by atoms with Gasteiger partial charge in [0, 0.05) is 24.7 Å². The standard InChI is InChI=1S/C13H25N3O/c1-10-7-8-12(9-14-10)16-13(17)15-11-5-3-2-4-6-11/h10-12,14H,2-9H2,1H3,(H2,15,16,17). The first kappa shape index (κ1) is 12.7. The summed E-state index contributed by atoms with van der Waals surface area (Å²) in [5, 5.41) is 9.57. The van der Waals surface area contributed by atoms with Crippen molar-refractivity contribution >= 4 is 6.03 Å². The number of hydrogen-bond donors (Lipinski definition) is 3. The number of piperidine rings is 1. The van der Waals surface area contributed by atoms with Crippen LogP contribution in [0.4, 0.5) is 4.79 Å². The van der Waals surface area contributed by atoms with Gasteiger partial charge in [-0.15, -0.1) is 0 Å². The average Bonchev–Trinajstić information content (AvgIpc) is 2.33. The Morgan fingerprint density at radius 1 is 1.00 bits per heavy atom. The largest absolute Gasteiger partial charge is 0.335 e. The van der Waals surface area contributed by atoms with E-state index < -0.39 is 0 Å². The van der Waals surface area contributed by atoms with E-state index in [2.05, 4.69) is 22.9 Å². The van der Waals surface area contributed by atoms with Gasteiger partial charge < -0.3 is 16.0 Å². The molecule has 17 heavy (non-hydrogen) atoms. The van der Waals surface area contributed by atoms with Crippen molar-refractivity contribution in [2.24, 2.45) is 0 Å². The van der Waals surface area contributed by atoms with E-state index in [0.717, 1.165) is 32.2 Å². The van der Waals surface area contributed by atoms with E-state index in [4.69, 9.17) is 0 Å². The molecule has 3 N–H and O–H groups in total. The highest BCUT2D eigenvalue weighted by molar-refractivity contribution is 5.74. The second-order valence-corrected chi connectivity index (χ2v) is 5.54. The molecule has 2 amide bonds. The molecule has 1 aliphatic heterocycles. The van der Waals surface area contributed by atoms with Crippen molar-refractivity contribution in [1.29, 1.82) is 0 Å². The third-order valence-electron chi connectivity index (χ3n) is 3.94. The topological polar surface area (TPSA) is 53.2 Å². The number of hydrogen-bond acceptors (Lipinski definition) is 2. The van der Waals surface area contributed by atoms with Crippen LogP contribution in [-0.2, 0) is 0 Å². The maximum absolute atomic E-state index is 11.8. The van der Waals surface area contributed by atoms with E-state index in [0.29, 0.717) is 18.1 Å². The van der Waals surface area contributed by atoms with Crippen LogP contribution >= 0.6 is 0 Å². The summed E-state index contributed by atoms with van der Waals surface area (Å²) < 4.78 is 0. The molecule has 4 heteroatoms. The van der Waals surface area contributed by atoms with Crippen molar-refractivity contribution in [3.8, 4) is 0 Å². The lowest BCUT2D eigenvalue weighted by atomic mass is 9.96. The SMILES string of the molecule is CC1CCC(NC(=O)NC2CCCCC2)CN1. The van der Waals surface area contributed by atoms with Gasteiger partial charge in [0.1, 0.15) is 0 Å². The van der Waals surface area contributed by atoms with Crippen molar-refractivity contribution in [3.63, 3.8) is 0 Å². The zero-order chi connectivity index (χ0) is 12.1. The highest BCUT2D eigenvalue weighted by Gasteiger charge is 2.21. The molecule has 2 rings (SSSR count). The minimum absolute atomic E-state index is 0.0262. The van der Waals surface area contributed by atoms with Crippen LogP contribution < -0.4 is 16.0 Å². The van der Waals surface area contributed by atoms with Gasteiger partial charge in [0.2, 0.25) is 0 Å². The fourth-order valence-corrected chi connectivity index (χ4v) is 2.78. The van der Waals surface area contributed by atoms with Gasteiger partial charge in [-0.05, 0) is 32.6 Å². The van der Waals surface area contributed by atoms with Crippen LogP contribution in [0.3, 0.4) is 0 Å². The van der Waals surface area contributed by atoms with Crippen LogP contribution in [0.5, 0.6) is 0 Å². The van der Waals surface area contributed by atoms with Crippen molar-refractivity contribution in [3.05, 3.63) is 0 Å². The number of nitrogens with one attached hydrogen (secondary N) is 3. The number of amides is 2. The van der Waals surface area contributed by atoms with E-state index in [-0.39, 0.29) is 6.03 Å². The molecule has 2 unspecified atom stereocenters. The summed E-state index contributed by atoms with van der Waals surface area (Å²) in [6, 6.07) is 1.32. The van der Waals surface area contributed by atoms with Crippen LogP contribution in [0.25, 0.3) is 0 Å². The van der Waals surface area contributed by atoms with Gasteiger partial charge >= 0.3 is 6.03 Å². The minimum atomic E-state index is 0.0262. The third-order valence-corrected chi connectivity index (χ3v) is 3.94. The van der Waals surface area contributed by atoms with Gasteiger partial charge in [0.15, 0.2) is 0 Å². The van der Waals surface area contributed by atoms with Crippen LogP contribution in [-0.4, -0.2) is 30.7 Å². The van der Waals surface area contributed by atoms with Crippen molar-refractivity contribution in [1.82, 2.24) is 16.0 Å². The maximum Gasteiger partial charge on any atom is 0.315 e. The summed E-state index contributed by atoms with van der Waals surface area (Å²) in [5.41, 5.74) is 0. The highest BCUT2D eigenvalue weighted by Crippen LogP contribution is 2.17. The lowest BCUT2D eigenvalue weighted by molar-refractivity contribution is 0.223. The Labute approximate surface area is 104 Å². The summed E-state index contributed by atoms with van der Waals surface area (Å²) in [7, 11) is 0. The maximum atomic E-state index is 11.8. The minimum Gasteiger partial charge on any atom is -0.335 e. The first-order valence-electron chi connectivity index (χ1n) is 7.04. The lowest BCUT2D eigenvalue weighted by Crippen LogP contribution is -2.53. The van der Waals surface area contributed by atoms with Crippen molar-refractivity contribution in [2.75, 3.05) is 6.54 Å². The van der Waals surface area contributed by atoms with Gasteiger partial charge in [-0.2, -0.15) is 0 Å². The molecule has 0 aromatic heterocycles. The molecule has 2 fully saturated rings. The molecule has 4 nitrogen and oxygen atoms in total. The highest BCUT2D eigenvalue weighted by atomic mass is 16.2. The summed E-state index contributed by atoms with van der Waals surface area (Å²) in [4.78, 5) is 11.8. The Morgan fingerprint density at radius 3 is 2.35 bits per heavy atom. The normalized spacial score (nSPS) is 30.9. The first-order chi connectivity index (χ1) is 8.24. The monoisotopic (exact) mass is 239 g/mol. The molecule has 0 radical (unpaired) electrons. The van der Waals surface area contributed by atoms with Crippen molar-refractivity contribution < 1.29 is 4.79 Å². The van der Waals surface area contributed by atoms with E-state index in [1.807, 2.05) is 0 Å². The van der Waals surface area contributed by atoms with E-state index in [1.54, 1.807) is 0 Å². The number of carbonyl (C=O) groups is 1. The van der Waals surface area contributed by atoms with E-state index in [9.17, 15) is 4.79 Å². The predicted octanol–water partition coefficient (Wildman–Crippen LogP) is 1.76. The fraction of sp³-hybridized carbons (Fsp3) is 0.923. The molecule has 0 aromatic rings. The molecular formula is C13H25N3O. The molecule has 1 saturated carbocycles. The second-order valence-electron chi connectivity index (χ2n) is 5.54. The molecule has 98 valence electrons. The molecule has 1 saturated heterocycles. The third kappa shape index (κ3) is 4.19. The lowest BCUT2D eigenvalue weighted by Gasteiger charge is -2.29. The molecule has 0 spiro atoms. The van der Waals surface area contributed by atoms with Crippen LogP contribution in [0.15, 0.2) is 0 Å². The van der Waals surface area contributed by atoms with E-state index in [1.165, 1.54) is 19.3 Å². The predicted molar refractivity (Wildman–Crippen MR) is 69.0 cm³/mol. The van der Waals surface area contributed by atoms with Gasteiger partial charge in [0.05, 0.1) is 0 Å². The van der Waals surface area contributed by atoms with Crippen molar-refractivity contribution in [2.45, 2.75) is 70.0 Å². The zero-order valence-electron chi connectivity index (χ0n) is 10.8. The van der Waals surface area contributed by atoms with Gasteiger partial charge in [0.25, 0.3) is 0 Å². The number of rotatable bonds is 2. The molecule has 0 aromatic carbocycles. The summed E-state index contributed by atoms with van der Waals surface area (Å²) in [6.07, 6.45) is 8.37. The zero-order valence-corrected chi connectivity index (χ0v) is 10.8. The number of urea groups is 1. The molecule has 2 aliphatic rings. The Balaban J connectivity index is 1.66.